The summed E-state index contributed by atoms with van der Waals surface area (Å²) in [5, 5.41) is 12.7. The number of nitrogens with one attached hydrogen (secondary N) is 1. The van der Waals surface area contributed by atoms with E-state index in [0.29, 0.717) is 19.4 Å². The van der Waals surface area contributed by atoms with Crippen LogP contribution >= 0.6 is 0 Å². The van der Waals surface area contributed by atoms with E-state index in [2.05, 4.69) is 5.32 Å². The van der Waals surface area contributed by atoms with Crippen LogP contribution in [-0.4, -0.2) is 48.0 Å². The van der Waals surface area contributed by atoms with Gasteiger partial charge in [0.15, 0.2) is 0 Å². The summed E-state index contributed by atoms with van der Waals surface area (Å²) < 4.78 is 38.4. The molecule has 4 nitrogen and oxygen atoms in total. The predicted molar refractivity (Wildman–Crippen MR) is 80.9 cm³/mol. The monoisotopic (exact) mass is 336 g/mol. The quantitative estimate of drug-likeness (QED) is 0.831. The van der Waals surface area contributed by atoms with Crippen molar-refractivity contribution in [3.05, 3.63) is 0 Å². The average Bonchev–Trinajstić information content (AvgIpc) is 2.49. The summed E-state index contributed by atoms with van der Waals surface area (Å²) in [5.41, 5.74) is 0. The van der Waals surface area contributed by atoms with Gasteiger partial charge in [-0.3, -0.25) is 0 Å². The third-order valence-corrected chi connectivity index (χ3v) is 5.19. The third-order valence-electron chi connectivity index (χ3n) is 5.19. The Bertz CT molecular complexity index is 403. The van der Waals surface area contributed by atoms with Crippen molar-refractivity contribution in [2.45, 2.75) is 69.7 Å². The zero-order valence-electron chi connectivity index (χ0n) is 13.6. The van der Waals surface area contributed by atoms with Crippen LogP contribution < -0.4 is 5.32 Å². The van der Waals surface area contributed by atoms with Gasteiger partial charge in [-0.15, -0.1) is 0 Å². The van der Waals surface area contributed by atoms with Gasteiger partial charge < -0.3 is 15.3 Å². The molecule has 2 saturated carbocycles. The first kappa shape index (κ1) is 18.4. The molecule has 2 N–H and O–H groups in total. The number of rotatable bonds is 3. The lowest BCUT2D eigenvalue weighted by atomic mass is 9.85. The summed E-state index contributed by atoms with van der Waals surface area (Å²) in [5.74, 6) is -1.25. The molecule has 2 rings (SSSR count). The second kappa shape index (κ2) is 7.73. The van der Waals surface area contributed by atoms with Crippen LogP contribution in [0.25, 0.3) is 0 Å². The van der Waals surface area contributed by atoms with Gasteiger partial charge in [-0.25, -0.2) is 4.79 Å². The molecule has 2 aliphatic rings. The summed E-state index contributed by atoms with van der Waals surface area (Å²) >= 11 is 0. The number of aliphatic hydroxyl groups excluding tert-OH is 1. The van der Waals surface area contributed by atoms with Crippen molar-refractivity contribution < 1.29 is 23.1 Å². The number of carbonyl (C=O) groups is 1. The van der Waals surface area contributed by atoms with Crippen LogP contribution in [0.1, 0.15) is 51.4 Å². The Morgan fingerprint density at radius 3 is 2.52 bits per heavy atom. The first-order valence-corrected chi connectivity index (χ1v) is 8.53. The van der Waals surface area contributed by atoms with Gasteiger partial charge >= 0.3 is 12.2 Å². The lowest BCUT2D eigenvalue weighted by Crippen LogP contribution is -2.48. The summed E-state index contributed by atoms with van der Waals surface area (Å²) in [6, 6.07) is -0.753. The maximum absolute atomic E-state index is 12.8. The number of amides is 2. The van der Waals surface area contributed by atoms with E-state index in [1.807, 2.05) is 0 Å². The number of urea groups is 1. The second-order valence-corrected chi connectivity index (χ2v) is 7.04. The molecular weight excluding hydrogens is 309 g/mol. The molecule has 0 aromatic carbocycles. The van der Waals surface area contributed by atoms with Gasteiger partial charge in [-0.05, 0) is 32.1 Å². The van der Waals surface area contributed by atoms with Crippen LogP contribution in [0, 0.1) is 11.8 Å². The summed E-state index contributed by atoms with van der Waals surface area (Å²) in [7, 11) is 1.64. The molecule has 7 heteroatoms. The van der Waals surface area contributed by atoms with Gasteiger partial charge in [0, 0.05) is 25.6 Å². The van der Waals surface area contributed by atoms with Crippen LogP contribution in [0.15, 0.2) is 0 Å². The molecule has 0 saturated heterocycles. The van der Waals surface area contributed by atoms with Gasteiger partial charge in [0.05, 0.1) is 12.0 Å². The van der Waals surface area contributed by atoms with E-state index in [9.17, 15) is 23.1 Å². The van der Waals surface area contributed by atoms with E-state index >= 15 is 0 Å². The zero-order valence-corrected chi connectivity index (χ0v) is 13.6. The largest absolute Gasteiger partial charge is 0.393 e. The molecule has 0 bridgehead atoms. The van der Waals surface area contributed by atoms with Crippen molar-refractivity contribution in [2.75, 3.05) is 13.6 Å². The Morgan fingerprint density at radius 2 is 1.87 bits per heavy atom. The van der Waals surface area contributed by atoms with Crippen molar-refractivity contribution >= 4 is 6.03 Å². The highest BCUT2D eigenvalue weighted by molar-refractivity contribution is 5.74. The molecule has 134 valence electrons. The molecule has 0 heterocycles. The molecule has 2 aliphatic carbocycles. The molecule has 2 fully saturated rings. The Morgan fingerprint density at radius 1 is 1.17 bits per heavy atom. The van der Waals surface area contributed by atoms with Gasteiger partial charge in [0.25, 0.3) is 0 Å². The van der Waals surface area contributed by atoms with Gasteiger partial charge in [0.2, 0.25) is 0 Å². The van der Waals surface area contributed by atoms with Crippen LogP contribution in [0.2, 0.25) is 0 Å². The van der Waals surface area contributed by atoms with Gasteiger partial charge in [-0.2, -0.15) is 13.2 Å². The fraction of sp³-hybridized carbons (Fsp3) is 0.938. The lowest BCUT2D eigenvalue weighted by Gasteiger charge is -2.34. The normalized spacial score (nSPS) is 32.4. The Labute approximate surface area is 135 Å². The molecule has 2 amide bonds. The van der Waals surface area contributed by atoms with Crippen molar-refractivity contribution in [2.24, 2.45) is 11.8 Å². The van der Waals surface area contributed by atoms with Crippen LogP contribution in [0.3, 0.4) is 0 Å². The molecule has 0 radical (unpaired) electrons. The number of alkyl halides is 3. The van der Waals surface area contributed by atoms with Crippen molar-refractivity contribution in [3.8, 4) is 0 Å². The maximum atomic E-state index is 12.8. The zero-order chi connectivity index (χ0) is 17.0. The Kier molecular flexibility index (Phi) is 6.17. The molecule has 0 aromatic rings. The minimum absolute atomic E-state index is 0.0326. The minimum Gasteiger partial charge on any atom is -0.393 e. The van der Waals surface area contributed by atoms with Crippen molar-refractivity contribution in [3.63, 3.8) is 0 Å². The topological polar surface area (TPSA) is 52.6 Å². The lowest BCUT2D eigenvalue weighted by molar-refractivity contribution is -0.183. The van der Waals surface area contributed by atoms with Crippen molar-refractivity contribution in [1.82, 2.24) is 10.2 Å². The summed E-state index contributed by atoms with van der Waals surface area (Å²) in [6.45, 7) is 0.447. The van der Waals surface area contributed by atoms with Crippen LogP contribution in [0.5, 0.6) is 0 Å². The van der Waals surface area contributed by atoms with E-state index in [1.165, 1.54) is 4.90 Å². The van der Waals surface area contributed by atoms with E-state index in [0.717, 1.165) is 25.7 Å². The number of nitrogens with zero attached hydrogens (tertiary/aromatic N) is 1. The summed E-state index contributed by atoms with van der Waals surface area (Å²) in [4.78, 5) is 13.7. The molecular formula is C16H27F3N2O2. The van der Waals surface area contributed by atoms with Crippen molar-refractivity contribution in [1.29, 1.82) is 0 Å². The average molecular weight is 336 g/mol. The summed E-state index contributed by atoms with van der Waals surface area (Å²) in [6.07, 6.45) is 0.341. The van der Waals surface area contributed by atoms with E-state index in [1.54, 1.807) is 7.05 Å². The minimum atomic E-state index is -4.18. The number of hydrogen-bond acceptors (Lipinski definition) is 2. The van der Waals surface area contributed by atoms with Gasteiger partial charge in [0.1, 0.15) is 0 Å². The molecule has 0 aliphatic heterocycles. The first-order valence-electron chi connectivity index (χ1n) is 8.53. The van der Waals surface area contributed by atoms with E-state index in [4.69, 9.17) is 0 Å². The predicted octanol–water partition coefficient (Wildman–Crippen LogP) is 3.30. The fourth-order valence-corrected chi connectivity index (χ4v) is 3.74. The highest BCUT2D eigenvalue weighted by Gasteiger charge is 2.42. The first-order chi connectivity index (χ1) is 10.8. The fourth-order valence-electron chi connectivity index (χ4n) is 3.74. The molecule has 4 unspecified atom stereocenters. The number of halogens is 3. The SMILES string of the molecule is CN(CC1CCCCC1O)C(=O)NC1CCCC(C(F)(F)F)C1. The Balaban J connectivity index is 1.81. The smallest absolute Gasteiger partial charge is 0.391 e. The molecule has 23 heavy (non-hydrogen) atoms. The van der Waals surface area contributed by atoms with Crippen LogP contribution in [-0.2, 0) is 0 Å². The third kappa shape index (κ3) is 5.26. The van der Waals surface area contributed by atoms with E-state index < -0.39 is 18.1 Å². The molecule has 0 spiro atoms. The highest BCUT2D eigenvalue weighted by Crippen LogP contribution is 2.37. The number of carbonyl (C=O) groups excluding carboxylic acids is 1. The standard InChI is InChI=1S/C16H27F3N2O2/c1-21(10-11-5-2-3-8-14(11)22)15(23)20-13-7-4-6-12(9-13)16(17,18)19/h11-14,22H,2-10H2,1H3,(H,20,23). The number of aliphatic hydroxyl groups is 1. The highest BCUT2D eigenvalue weighted by atomic mass is 19.4. The molecule has 0 aromatic heterocycles. The van der Waals surface area contributed by atoms with E-state index in [-0.39, 0.29) is 30.9 Å². The maximum Gasteiger partial charge on any atom is 0.391 e. The molecule has 4 atom stereocenters. The van der Waals surface area contributed by atoms with Gasteiger partial charge in [-0.1, -0.05) is 19.3 Å². The number of hydrogen-bond donors (Lipinski definition) is 2. The Hall–Kier alpha value is -0.980. The van der Waals surface area contributed by atoms with Crippen LogP contribution in [0.4, 0.5) is 18.0 Å². The second-order valence-electron chi connectivity index (χ2n) is 7.04.